The summed E-state index contributed by atoms with van der Waals surface area (Å²) < 4.78 is 0. The Morgan fingerprint density at radius 1 is 1.35 bits per heavy atom. The molecule has 6 heteroatoms. The molecule has 102 valence electrons. The fourth-order valence-corrected chi connectivity index (χ4v) is 2.09. The zero-order chi connectivity index (χ0) is 13.9. The molecule has 2 aromatic rings. The summed E-state index contributed by atoms with van der Waals surface area (Å²) in [6, 6.07) is 10.0. The Morgan fingerprint density at radius 2 is 2.15 bits per heavy atom. The predicted molar refractivity (Wildman–Crippen MR) is 77.7 cm³/mol. The van der Waals surface area contributed by atoms with Crippen LogP contribution in [0.15, 0.2) is 36.5 Å². The van der Waals surface area contributed by atoms with Gasteiger partial charge in [0.05, 0.1) is 12.7 Å². The largest absolute Gasteiger partial charge is 0.350 e. The van der Waals surface area contributed by atoms with Gasteiger partial charge < -0.3 is 15.5 Å². The molecule has 0 radical (unpaired) electrons. The zero-order valence-corrected chi connectivity index (χ0v) is 11.1. The van der Waals surface area contributed by atoms with E-state index in [1.54, 1.807) is 6.20 Å². The number of hydrogen-bond donors (Lipinski definition) is 2. The molecule has 0 spiro atoms. The number of aromatic nitrogens is 2. The first-order valence-corrected chi connectivity index (χ1v) is 6.38. The van der Waals surface area contributed by atoms with E-state index in [-0.39, 0.29) is 5.91 Å². The summed E-state index contributed by atoms with van der Waals surface area (Å²) in [7, 11) is 1.84. The van der Waals surface area contributed by atoms with Gasteiger partial charge in [0.1, 0.15) is 5.69 Å². The van der Waals surface area contributed by atoms with Gasteiger partial charge in [0.2, 0.25) is 11.9 Å². The van der Waals surface area contributed by atoms with Crippen molar-refractivity contribution in [3.8, 4) is 0 Å². The summed E-state index contributed by atoms with van der Waals surface area (Å²) in [6.45, 7) is 0.970. The summed E-state index contributed by atoms with van der Waals surface area (Å²) in [5, 5.41) is 5.94. The fraction of sp³-hybridized carbons (Fsp3) is 0.214. The first kappa shape index (κ1) is 12.4. The lowest BCUT2D eigenvalue weighted by molar-refractivity contribution is -0.115. The van der Waals surface area contributed by atoms with Gasteiger partial charge in [-0.2, -0.15) is 4.98 Å². The normalized spacial score (nSPS) is 13.7. The van der Waals surface area contributed by atoms with Crippen LogP contribution < -0.4 is 15.5 Å². The third kappa shape index (κ3) is 2.54. The second-order valence-electron chi connectivity index (χ2n) is 4.67. The Balaban J connectivity index is 1.76. The van der Waals surface area contributed by atoms with Crippen molar-refractivity contribution >= 4 is 23.4 Å². The van der Waals surface area contributed by atoms with Gasteiger partial charge in [0.15, 0.2) is 5.82 Å². The lowest BCUT2D eigenvalue weighted by atomic mass is 10.2. The molecule has 0 saturated carbocycles. The minimum Gasteiger partial charge on any atom is -0.350 e. The van der Waals surface area contributed by atoms with Crippen LogP contribution >= 0.6 is 0 Å². The Hall–Kier alpha value is -2.63. The minimum atomic E-state index is -0.0476. The number of likely N-dealkylation sites (N-methyl/N-ethyl adjacent to an activating group) is 1. The van der Waals surface area contributed by atoms with E-state index in [9.17, 15) is 4.79 Å². The molecule has 0 fully saturated rings. The highest BCUT2D eigenvalue weighted by molar-refractivity contribution is 5.99. The first-order chi connectivity index (χ1) is 9.72. The van der Waals surface area contributed by atoms with Crippen molar-refractivity contribution in [2.45, 2.75) is 6.54 Å². The van der Waals surface area contributed by atoms with Crippen LogP contribution in [0.3, 0.4) is 0 Å². The highest BCUT2D eigenvalue weighted by Gasteiger charge is 2.21. The molecule has 1 aliphatic rings. The molecule has 2 N–H and O–H groups in total. The quantitative estimate of drug-likeness (QED) is 0.883. The monoisotopic (exact) mass is 269 g/mol. The van der Waals surface area contributed by atoms with Gasteiger partial charge in [-0.1, -0.05) is 30.3 Å². The Bertz CT molecular complexity index is 629. The first-order valence-electron chi connectivity index (χ1n) is 6.38. The van der Waals surface area contributed by atoms with E-state index in [1.165, 1.54) is 0 Å². The Morgan fingerprint density at radius 3 is 2.95 bits per heavy atom. The second-order valence-corrected chi connectivity index (χ2v) is 4.67. The molecule has 1 aromatic heterocycles. The third-order valence-corrected chi connectivity index (χ3v) is 3.08. The topological polar surface area (TPSA) is 70.2 Å². The number of nitrogens with one attached hydrogen (secondary N) is 2. The van der Waals surface area contributed by atoms with Crippen molar-refractivity contribution < 1.29 is 4.79 Å². The van der Waals surface area contributed by atoms with E-state index in [0.717, 1.165) is 11.4 Å². The molecule has 0 saturated heterocycles. The third-order valence-electron chi connectivity index (χ3n) is 3.08. The number of anilines is 3. The van der Waals surface area contributed by atoms with Gasteiger partial charge in [-0.3, -0.25) is 4.79 Å². The van der Waals surface area contributed by atoms with Gasteiger partial charge in [0, 0.05) is 13.6 Å². The van der Waals surface area contributed by atoms with Crippen LogP contribution in [0.4, 0.5) is 17.5 Å². The van der Waals surface area contributed by atoms with Crippen molar-refractivity contribution in [2.24, 2.45) is 0 Å². The smallest absolute Gasteiger partial charge is 0.244 e. The van der Waals surface area contributed by atoms with Crippen LogP contribution in [0.2, 0.25) is 0 Å². The molecule has 0 unspecified atom stereocenters. The summed E-state index contributed by atoms with van der Waals surface area (Å²) in [6.07, 6.45) is 1.63. The van der Waals surface area contributed by atoms with E-state index in [1.807, 2.05) is 42.3 Å². The van der Waals surface area contributed by atoms with E-state index in [0.29, 0.717) is 24.7 Å². The van der Waals surface area contributed by atoms with Crippen LogP contribution in [0, 0.1) is 0 Å². The van der Waals surface area contributed by atoms with Crippen molar-refractivity contribution in [3.05, 3.63) is 42.1 Å². The summed E-state index contributed by atoms with van der Waals surface area (Å²) in [5.41, 5.74) is 1.81. The van der Waals surface area contributed by atoms with Gasteiger partial charge in [-0.15, -0.1) is 0 Å². The molecule has 3 rings (SSSR count). The summed E-state index contributed by atoms with van der Waals surface area (Å²) >= 11 is 0. The number of carbonyl (C=O) groups is 1. The van der Waals surface area contributed by atoms with Crippen LogP contribution in [0.1, 0.15) is 5.56 Å². The number of nitrogens with zero attached hydrogens (tertiary/aromatic N) is 3. The average molecular weight is 269 g/mol. The van der Waals surface area contributed by atoms with Gasteiger partial charge >= 0.3 is 0 Å². The number of hydrogen-bond acceptors (Lipinski definition) is 5. The standard InChI is InChI=1S/C14H15N5O/c1-19-9-12(20)17-11-8-16-14(18-13(11)19)15-7-10-5-3-2-4-6-10/h2-6,8H,7,9H2,1H3,(H,17,20)(H,15,16,18). The number of benzene rings is 1. The van der Waals surface area contributed by atoms with E-state index in [2.05, 4.69) is 20.6 Å². The van der Waals surface area contributed by atoms with Gasteiger partial charge in [-0.25, -0.2) is 4.98 Å². The van der Waals surface area contributed by atoms with Crippen molar-refractivity contribution in [2.75, 3.05) is 29.1 Å². The van der Waals surface area contributed by atoms with E-state index < -0.39 is 0 Å². The highest BCUT2D eigenvalue weighted by Crippen LogP contribution is 2.26. The van der Waals surface area contributed by atoms with Crippen LogP contribution in [0.25, 0.3) is 0 Å². The molecule has 1 aliphatic heterocycles. The number of amides is 1. The Labute approximate surface area is 116 Å². The molecular weight excluding hydrogens is 254 g/mol. The average Bonchev–Trinajstić information content (AvgIpc) is 2.46. The van der Waals surface area contributed by atoms with Crippen LogP contribution in [-0.4, -0.2) is 29.5 Å². The van der Waals surface area contributed by atoms with E-state index in [4.69, 9.17) is 0 Å². The van der Waals surface area contributed by atoms with Crippen molar-refractivity contribution in [1.29, 1.82) is 0 Å². The van der Waals surface area contributed by atoms with Gasteiger partial charge in [0.25, 0.3) is 0 Å². The number of fused-ring (bicyclic) bond motifs is 1. The Kier molecular flexibility index (Phi) is 3.20. The maximum atomic E-state index is 11.4. The molecule has 1 amide bonds. The number of rotatable bonds is 3. The minimum absolute atomic E-state index is 0.0476. The van der Waals surface area contributed by atoms with Crippen molar-refractivity contribution in [3.63, 3.8) is 0 Å². The van der Waals surface area contributed by atoms with Crippen LogP contribution in [0.5, 0.6) is 0 Å². The summed E-state index contributed by atoms with van der Waals surface area (Å²) in [5.74, 6) is 1.24. The fourth-order valence-electron chi connectivity index (χ4n) is 2.09. The van der Waals surface area contributed by atoms with Crippen molar-refractivity contribution in [1.82, 2.24) is 9.97 Å². The lowest BCUT2D eigenvalue weighted by Gasteiger charge is -2.25. The van der Waals surface area contributed by atoms with Crippen LogP contribution in [-0.2, 0) is 11.3 Å². The lowest BCUT2D eigenvalue weighted by Crippen LogP contribution is -2.36. The predicted octanol–water partition coefficient (Wildman–Crippen LogP) is 1.48. The molecule has 2 heterocycles. The van der Waals surface area contributed by atoms with E-state index >= 15 is 0 Å². The highest BCUT2D eigenvalue weighted by atomic mass is 16.2. The zero-order valence-electron chi connectivity index (χ0n) is 11.1. The molecule has 6 nitrogen and oxygen atoms in total. The summed E-state index contributed by atoms with van der Waals surface area (Å²) in [4.78, 5) is 21.9. The SMILES string of the molecule is CN1CC(=O)Nc2cnc(NCc3ccccc3)nc21. The molecule has 0 bridgehead atoms. The van der Waals surface area contributed by atoms with Gasteiger partial charge in [-0.05, 0) is 5.56 Å². The molecular formula is C14H15N5O. The maximum Gasteiger partial charge on any atom is 0.244 e. The second kappa shape index (κ2) is 5.16. The molecule has 1 aromatic carbocycles. The maximum absolute atomic E-state index is 11.4. The number of carbonyl (C=O) groups excluding carboxylic acids is 1. The molecule has 0 atom stereocenters. The molecule has 20 heavy (non-hydrogen) atoms. The molecule has 0 aliphatic carbocycles.